The van der Waals surface area contributed by atoms with Crippen LogP contribution in [-0.4, -0.2) is 55.1 Å². The molecule has 0 spiro atoms. The van der Waals surface area contributed by atoms with E-state index in [9.17, 15) is 0 Å². The van der Waals surface area contributed by atoms with E-state index in [1.165, 1.54) is 51.9 Å². The Balaban J connectivity index is 1.94. The fourth-order valence-corrected chi connectivity index (χ4v) is 3.72. The summed E-state index contributed by atoms with van der Waals surface area (Å²) in [4.78, 5) is 5.16. The molecule has 2 aliphatic heterocycles. The Morgan fingerprint density at radius 1 is 1.11 bits per heavy atom. The first-order valence-corrected chi connectivity index (χ1v) is 7.71. The molecule has 0 unspecified atom stereocenters. The molecule has 2 heterocycles. The predicted octanol–water partition coefficient (Wildman–Crippen LogP) is 1.78. The molecule has 2 saturated heterocycles. The van der Waals surface area contributed by atoms with Crippen LogP contribution in [0.1, 0.15) is 39.5 Å². The van der Waals surface area contributed by atoms with Crippen molar-refractivity contribution in [2.45, 2.75) is 45.1 Å². The fraction of sp³-hybridized carbons (Fsp3) is 1.00. The number of piperidine rings is 2. The third-order valence-corrected chi connectivity index (χ3v) is 5.45. The van der Waals surface area contributed by atoms with Crippen molar-refractivity contribution < 1.29 is 0 Å². The second-order valence-electron chi connectivity index (χ2n) is 6.80. The Labute approximate surface area is 113 Å². The standard InChI is InChI=1S/C15H31N3/c1-13(2)14-4-8-18(9-5-14)15(12-16)6-10-17(3)11-7-15/h13-14H,4-12,16H2,1-3H3. The Bertz CT molecular complexity index is 248. The van der Waals surface area contributed by atoms with Crippen LogP contribution in [0.15, 0.2) is 0 Å². The van der Waals surface area contributed by atoms with E-state index < -0.39 is 0 Å². The second kappa shape index (κ2) is 5.89. The average Bonchev–Trinajstić information content (AvgIpc) is 2.40. The van der Waals surface area contributed by atoms with Crippen LogP contribution in [0.25, 0.3) is 0 Å². The Hall–Kier alpha value is -0.120. The molecule has 3 nitrogen and oxygen atoms in total. The summed E-state index contributed by atoms with van der Waals surface area (Å²) in [6.45, 7) is 10.5. The quantitative estimate of drug-likeness (QED) is 0.832. The van der Waals surface area contributed by atoms with Crippen LogP contribution in [0.5, 0.6) is 0 Å². The molecule has 0 bridgehead atoms. The highest BCUT2D eigenvalue weighted by atomic mass is 15.2. The third kappa shape index (κ3) is 2.89. The van der Waals surface area contributed by atoms with Crippen molar-refractivity contribution in [3.63, 3.8) is 0 Å². The van der Waals surface area contributed by atoms with Gasteiger partial charge in [0.15, 0.2) is 0 Å². The van der Waals surface area contributed by atoms with Gasteiger partial charge in [-0.05, 0) is 70.7 Å². The minimum Gasteiger partial charge on any atom is -0.329 e. The summed E-state index contributed by atoms with van der Waals surface area (Å²) in [5.74, 6) is 1.78. The van der Waals surface area contributed by atoms with E-state index in [0.717, 1.165) is 18.4 Å². The molecule has 0 aromatic carbocycles. The van der Waals surface area contributed by atoms with Gasteiger partial charge in [-0.1, -0.05) is 13.8 Å². The smallest absolute Gasteiger partial charge is 0.0356 e. The molecule has 2 N–H and O–H groups in total. The Morgan fingerprint density at radius 3 is 2.11 bits per heavy atom. The highest BCUT2D eigenvalue weighted by molar-refractivity contribution is 4.97. The van der Waals surface area contributed by atoms with Gasteiger partial charge in [0.25, 0.3) is 0 Å². The lowest BCUT2D eigenvalue weighted by atomic mass is 9.80. The molecular weight excluding hydrogens is 222 g/mol. The number of nitrogens with two attached hydrogens (primary N) is 1. The third-order valence-electron chi connectivity index (χ3n) is 5.45. The van der Waals surface area contributed by atoms with Crippen molar-refractivity contribution in [2.75, 3.05) is 39.8 Å². The molecule has 3 heteroatoms. The van der Waals surface area contributed by atoms with Gasteiger partial charge in [0.2, 0.25) is 0 Å². The summed E-state index contributed by atoms with van der Waals surface area (Å²) in [5, 5.41) is 0. The Kier molecular flexibility index (Phi) is 4.68. The summed E-state index contributed by atoms with van der Waals surface area (Å²) < 4.78 is 0. The van der Waals surface area contributed by atoms with Crippen molar-refractivity contribution in [2.24, 2.45) is 17.6 Å². The lowest BCUT2D eigenvalue weighted by Gasteiger charge is -2.50. The van der Waals surface area contributed by atoms with Crippen LogP contribution >= 0.6 is 0 Å². The topological polar surface area (TPSA) is 32.5 Å². The number of hydrogen-bond donors (Lipinski definition) is 1. The average molecular weight is 253 g/mol. The molecule has 2 aliphatic rings. The first-order valence-electron chi connectivity index (χ1n) is 7.71. The first kappa shape index (κ1) is 14.3. The number of likely N-dealkylation sites (tertiary alicyclic amines) is 2. The van der Waals surface area contributed by atoms with Crippen LogP contribution in [0, 0.1) is 11.8 Å². The van der Waals surface area contributed by atoms with Crippen LogP contribution < -0.4 is 5.73 Å². The predicted molar refractivity (Wildman–Crippen MR) is 77.7 cm³/mol. The van der Waals surface area contributed by atoms with Crippen LogP contribution in [0.3, 0.4) is 0 Å². The molecule has 0 aromatic heterocycles. The lowest BCUT2D eigenvalue weighted by Crippen LogP contribution is -2.60. The maximum absolute atomic E-state index is 6.15. The molecule has 0 aromatic rings. The lowest BCUT2D eigenvalue weighted by molar-refractivity contribution is 0.00440. The zero-order chi connectivity index (χ0) is 13.2. The summed E-state index contributed by atoms with van der Waals surface area (Å²) in [5.41, 5.74) is 6.46. The molecule has 2 fully saturated rings. The van der Waals surface area contributed by atoms with Gasteiger partial charge in [-0.15, -0.1) is 0 Å². The molecule has 106 valence electrons. The fourth-order valence-electron chi connectivity index (χ4n) is 3.72. The van der Waals surface area contributed by atoms with E-state index in [0.29, 0.717) is 5.54 Å². The normalized spacial score (nSPS) is 27.8. The number of hydrogen-bond acceptors (Lipinski definition) is 3. The van der Waals surface area contributed by atoms with Crippen LogP contribution in [0.2, 0.25) is 0 Å². The second-order valence-corrected chi connectivity index (χ2v) is 6.80. The van der Waals surface area contributed by atoms with E-state index in [1.54, 1.807) is 0 Å². The van der Waals surface area contributed by atoms with Crippen LogP contribution in [-0.2, 0) is 0 Å². The molecular formula is C15H31N3. The summed E-state index contributed by atoms with van der Waals surface area (Å²) in [6.07, 6.45) is 5.25. The van der Waals surface area contributed by atoms with E-state index in [4.69, 9.17) is 5.73 Å². The van der Waals surface area contributed by atoms with Crippen molar-refractivity contribution in [1.29, 1.82) is 0 Å². The Morgan fingerprint density at radius 2 is 1.67 bits per heavy atom. The van der Waals surface area contributed by atoms with E-state index in [1.807, 2.05) is 0 Å². The number of nitrogens with zero attached hydrogens (tertiary/aromatic N) is 2. The van der Waals surface area contributed by atoms with Gasteiger partial charge in [-0.25, -0.2) is 0 Å². The van der Waals surface area contributed by atoms with Gasteiger partial charge < -0.3 is 10.6 Å². The molecule has 0 saturated carbocycles. The SMILES string of the molecule is CC(C)C1CCN(C2(CN)CCN(C)CC2)CC1. The van der Waals surface area contributed by atoms with Gasteiger partial charge in [0.1, 0.15) is 0 Å². The van der Waals surface area contributed by atoms with E-state index in [-0.39, 0.29) is 0 Å². The number of rotatable bonds is 3. The highest BCUT2D eigenvalue weighted by Gasteiger charge is 2.39. The summed E-state index contributed by atoms with van der Waals surface area (Å²) in [6, 6.07) is 0. The van der Waals surface area contributed by atoms with Crippen LogP contribution in [0.4, 0.5) is 0 Å². The molecule has 2 rings (SSSR count). The molecule has 18 heavy (non-hydrogen) atoms. The van der Waals surface area contributed by atoms with Gasteiger partial charge in [0.05, 0.1) is 0 Å². The van der Waals surface area contributed by atoms with Gasteiger partial charge >= 0.3 is 0 Å². The van der Waals surface area contributed by atoms with Gasteiger partial charge in [0, 0.05) is 12.1 Å². The van der Waals surface area contributed by atoms with Crippen molar-refractivity contribution >= 4 is 0 Å². The van der Waals surface area contributed by atoms with Crippen molar-refractivity contribution in [3.8, 4) is 0 Å². The minimum atomic E-state index is 0.314. The zero-order valence-corrected chi connectivity index (χ0v) is 12.5. The zero-order valence-electron chi connectivity index (χ0n) is 12.5. The monoisotopic (exact) mass is 253 g/mol. The van der Waals surface area contributed by atoms with Gasteiger partial charge in [-0.2, -0.15) is 0 Å². The summed E-state index contributed by atoms with van der Waals surface area (Å²) >= 11 is 0. The van der Waals surface area contributed by atoms with Crippen molar-refractivity contribution in [1.82, 2.24) is 9.80 Å². The maximum Gasteiger partial charge on any atom is 0.0356 e. The summed E-state index contributed by atoms with van der Waals surface area (Å²) in [7, 11) is 2.23. The minimum absolute atomic E-state index is 0.314. The molecule has 0 amide bonds. The molecule has 0 aliphatic carbocycles. The van der Waals surface area contributed by atoms with E-state index in [2.05, 4.69) is 30.7 Å². The van der Waals surface area contributed by atoms with Gasteiger partial charge in [-0.3, -0.25) is 4.90 Å². The molecule has 0 radical (unpaired) electrons. The highest BCUT2D eigenvalue weighted by Crippen LogP contribution is 2.33. The first-order chi connectivity index (χ1) is 8.57. The van der Waals surface area contributed by atoms with E-state index >= 15 is 0 Å². The largest absolute Gasteiger partial charge is 0.329 e. The molecule has 0 atom stereocenters. The maximum atomic E-state index is 6.15. The van der Waals surface area contributed by atoms with Crippen molar-refractivity contribution in [3.05, 3.63) is 0 Å².